The molecule has 2 aromatic carbocycles. The first-order chi connectivity index (χ1) is 16.5. The van der Waals surface area contributed by atoms with E-state index >= 15 is 0 Å². The van der Waals surface area contributed by atoms with E-state index in [2.05, 4.69) is 15.6 Å². The molecule has 0 atom stereocenters. The molecule has 0 unspecified atom stereocenters. The van der Waals surface area contributed by atoms with Crippen LogP contribution in [0.5, 0.6) is 0 Å². The maximum absolute atomic E-state index is 13.8. The van der Waals surface area contributed by atoms with Gasteiger partial charge < -0.3 is 10.6 Å². The highest BCUT2D eigenvalue weighted by molar-refractivity contribution is 6.02. The molecule has 2 N–H and O–H groups in total. The van der Waals surface area contributed by atoms with Gasteiger partial charge in [0.2, 0.25) is 11.8 Å². The van der Waals surface area contributed by atoms with Gasteiger partial charge in [0.15, 0.2) is 0 Å². The molecular formula is C26H22FN5O2. The van der Waals surface area contributed by atoms with Gasteiger partial charge in [0, 0.05) is 48.4 Å². The fourth-order valence-corrected chi connectivity index (χ4v) is 3.38. The van der Waals surface area contributed by atoms with Crippen LogP contribution in [0.4, 0.5) is 15.8 Å². The molecule has 170 valence electrons. The summed E-state index contributed by atoms with van der Waals surface area (Å²) in [5, 5.41) is 9.77. The minimum atomic E-state index is -0.587. The number of benzene rings is 2. The molecule has 4 rings (SSSR count). The number of rotatable bonds is 7. The molecule has 0 aliphatic carbocycles. The summed E-state index contributed by atoms with van der Waals surface area (Å²) >= 11 is 0. The molecule has 0 aliphatic heterocycles. The van der Waals surface area contributed by atoms with Gasteiger partial charge in [0.05, 0.1) is 12.2 Å². The van der Waals surface area contributed by atoms with Crippen LogP contribution in [0.2, 0.25) is 0 Å². The minimum absolute atomic E-state index is 0.00432. The van der Waals surface area contributed by atoms with E-state index < -0.39 is 17.6 Å². The molecule has 0 radical (unpaired) electrons. The Balaban J connectivity index is 1.55. The monoisotopic (exact) mass is 455 g/mol. The number of carbonyl (C=O) groups is 2. The molecule has 2 heterocycles. The third kappa shape index (κ3) is 5.80. The number of aromatic nitrogens is 3. The molecule has 0 saturated heterocycles. The van der Waals surface area contributed by atoms with Gasteiger partial charge >= 0.3 is 0 Å². The highest BCUT2D eigenvalue weighted by Crippen LogP contribution is 2.23. The highest BCUT2D eigenvalue weighted by Gasteiger charge is 2.11. The van der Waals surface area contributed by atoms with Crippen molar-refractivity contribution in [2.45, 2.75) is 13.5 Å². The fourth-order valence-electron chi connectivity index (χ4n) is 3.38. The maximum Gasteiger partial charge on any atom is 0.248 e. The van der Waals surface area contributed by atoms with Gasteiger partial charge in [-0.05, 0) is 42.0 Å². The highest BCUT2D eigenvalue weighted by atomic mass is 19.1. The molecule has 8 heteroatoms. The largest absolute Gasteiger partial charge is 0.324 e. The zero-order chi connectivity index (χ0) is 23.9. The van der Waals surface area contributed by atoms with Crippen LogP contribution >= 0.6 is 0 Å². The average molecular weight is 455 g/mol. The molecule has 7 nitrogen and oxygen atoms in total. The summed E-state index contributed by atoms with van der Waals surface area (Å²) in [6.07, 6.45) is 8.32. The molecular weight excluding hydrogens is 433 g/mol. The summed E-state index contributed by atoms with van der Waals surface area (Å²) in [6.45, 7) is 1.86. The molecule has 0 bridgehead atoms. The lowest BCUT2D eigenvalue weighted by Gasteiger charge is -2.07. The smallest absolute Gasteiger partial charge is 0.248 e. The lowest BCUT2D eigenvalue weighted by Crippen LogP contribution is -2.10. The predicted octanol–water partition coefficient (Wildman–Crippen LogP) is 4.74. The van der Waals surface area contributed by atoms with Crippen LogP contribution in [-0.4, -0.2) is 26.6 Å². The number of anilines is 2. The first-order valence-corrected chi connectivity index (χ1v) is 10.6. The number of nitrogens with zero attached hydrogens (tertiary/aromatic N) is 3. The number of hydrogen-bond donors (Lipinski definition) is 2. The molecule has 0 aliphatic rings. The molecule has 2 amide bonds. The van der Waals surface area contributed by atoms with Crippen molar-refractivity contribution in [2.24, 2.45) is 0 Å². The summed E-state index contributed by atoms with van der Waals surface area (Å²) < 4.78 is 15.7. The lowest BCUT2D eigenvalue weighted by atomic mass is 10.1. The zero-order valence-electron chi connectivity index (χ0n) is 18.4. The van der Waals surface area contributed by atoms with Crippen LogP contribution in [0.1, 0.15) is 18.1 Å². The Morgan fingerprint density at radius 1 is 1.06 bits per heavy atom. The van der Waals surface area contributed by atoms with Crippen LogP contribution < -0.4 is 10.6 Å². The van der Waals surface area contributed by atoms with Crippen LogP contribution in [0.3, 0.4) is 0 Å². The summed E-state index contributed by atoms with van der Waals surface area (Å²) in [7, 11) is 0. The van der Waals surface area contributed by atoms with Crippen LogP contribution in [0.25, 0.3) is 17.3 Å². The Bertz CT molecular complexity index is 1330. The fraction of sp³-hybridized carbons (Fsp3) is 0.0769. The second-order valence-corrected chi connectivity index (χ2v) is 7.56. The van der Waals surface area contributed by atoms with E-state index in [-0.39, 0.29) is 5.69 Å². The van der Waals surface area contributed by atoms with Crippen LogP contribution in [0, 0.1) is 5.82 Å². The van der Waals surface area contributed by atoms with Gasteiger partial charge in [0.25, 0.3) is 0 Å². The van der Waals surface area contributed by atoms with E-state index in [1.54, 1.807) is 18.5 Å². The third-order valence-electron chi connectivity index (χ3n) is 4.87. The Labute approximate surface area is 196 Å². The molecule has 0 saturated carbocycles. The first-order valence-electron chi connectivity index (χ1n) is 10.6. The van der Waals surface area contributed by atoms with Crippen molar-refractivity contribution in [3.05, 3.63) is 102 Å². The Hall–Kier alpha value is -4.59. The van der Waals surface area contributed by atoms with Crippen molar-refractivity contribution in [2.75, 3.05) is 10.6 Å². The summed E-state index contributed by atoms with van der Waals surface area (Å²) in [4.78, 5) is 27.9. The Morgan fingerprint density at radius 3 is 2.62 bits per heavy atom. The van der Waals surface area contributed by atoms with Crippen molar-refractivity contribution in [3.63, 3.8) is 0 Å². The van der Waals surface area contributed by atoms with Gasteiger partial charge in [-0.2, -0.15) is 5.10 Å². The lowest BCUT2D eigenvalue weighted by molar-refractivity contribution is -0.114. The number of pyridine rings is 1. The van der Waals surface area contributed by atoms with E-state index in [1.165, 1.54) is 31.2 Å². The SMILES string of the molecule is CC(=O)Nc1cc(NC(=O)/C=C/c2cn(Cc3ccccc3)nc2-c2cccnc2)ccc1F. The normalized spacial score (nSPS) is 10.9. The molecule has 0 spiro atoms. The molecule has 0 fully saturated rings. The predicted molar refractivity (Wildman–Crippen MR) is 129 cm³/mol. The maximum atomic E-state index is 13.8. The van der Waals surface area contributed by atoms with E-state index in [0.29, 0.717) is 17.9 Å². The summed E-state index contributed by atoms with van der Waals surface area (Å²) in [5.74, 6) is -1.40. The molecule has 4 aromatic rings. The minimum Gasteiger partial charge on any atom is -0.324 e. The van der Waals surface area contributed by atoms with Gasteiger partial charge in [-0.15, -0.1) is 0 Å². The second kappa shape index (κ2) is 10.4. The van der Waals surface area contributed by atoms with Crippen molar-refractivity contribution in [1.29, 1.82) is 0 Å². The number of carbonyl (C=O) groups excluding carboxylic acids is 2. The zero-order valence-corrected chi connectivity index (χ0v) is 18.4. The van der Waals surface area contributed by atoms with Crippen molar-refractivity contribution >= 4 is 29.3 Å². The van der Waals surface area contributed by atoms with E-state index in [0.717, 1.165) is 16.7 Å². The average Bonchev–Trinajstić information content (AvgIpc) is 3.23. The number of amides is 2. The number of hydrogen-bond acceptors (Lipinski definition) is 4. The summed E-state index contributed by atoms with van der Waals surface area (Å²) in [6, 6.07) is 17.6. The van der Waals surface area contributed by atoms with Gasteiger partial charge in [-0.1, -0.05) is 30.3 Å². The van der Waals surface area contributed by atoms with Crippen LogP contribution in [0.15, 0.2) is 85.3 Å². The van der Waals surface area contributed by atoms with Gasteiger partial charge in [-0.25, -0.2) is 4.39 Å². The Morgan fingerprint density at radius 2 is 1.88 bits per heavy atom. The van der Waals surface area contributed by atoms with E-state index in [4.69, 9.17) is 5.10 Å². The van der Waals surface area contributed by atoms with Gasteiger partial charge in [0.1, 0.15) is 11.5 Å². The Kier molecular flexibility index (Phi) is 6.88. The number of nitrogens with one attached hydrogen (secondary N) is 2. The van der Waals surface area contributed by atoms with Crippen molar-refractivity contribution in [3.8, 4) is 11.3 Å². The third-order valence-corrected chi connectivity index (χ3v) is 4.87. The molecule has 34 heavy (non-hydrogen) atoms. The number of halogens is 1. The first kappa shape index (κ1) is 22.6. The van der Waals surface area contributed by atoms with Gasteiger partial charge in [-0.3, -0.25) is 19.3 Å². The molecule has 2 aromatic heterocycles. The summed E-state index contributed by atoms with van der Waals surface area (Å²) in [5.41, 5.74) is 3.72. The van der Waals surface area contributed by atoms with Crippen LogP contribution in [-0.2, 0) is 16.1 Å². The second-order valence-electron chi connectivity index (χ2n) is 7.56. The quantitative estimate of drug-likeness (QED) is 0.394. The van der Waals surface area contributed by atoms with Crippen molar-refractivity contribution in [1.82, 2.24) is 14.8 Å². The standard InChI is InChI=1S/C26H22FN5O2/c1-18(33)29-24-14-22(10-11-23(24)27)30-25(34)12-9-21-17-32(16-19-6-3-2-4-7-19)31-26(21)20-8-5-13-28-15-20/h2-15,17H,16H2,1H3,(H,29,33)(H,30,34)/b12-9+. The topological polar surface area (TPSA) is 88.9 Å². The van der Waals surface area contributed by atoms with E-state index in [9.17, 15) is 14.0 Å². The van der Waals surface area contributed by atoms with Crippen molar-refractivity contribution < 1.29 is 14.0 Å². The van der Waals surface area contributed by atoms with E-state index in [1.807, 2.05) is 53.3 Å².